The SMILES string of the molecule is CS(=O)(=O)SCc1cccc(C(=O)c2ccc(N)c([125I])c2)c1. The molecule has 0 saturated heterocycles. The lowest BCUT2D eigenvalue weighted by Gasteiger charge is -2.06. The summed E-state index contributed by atoms with van der Waals surface area (Å²) in [5, 5.41) is 0. The summed E-state index contributed by atoms with van der Waals surface area (Å²) in [7, 11) is -2.25. The van der Waals surface area contributed by atoms with Gasteiger partial charge in [0.05, 0.1) is 0 Å². The van der Waals surface area contributed by atoms with Crippen molar-refractivity contribution in [2.75, 3.05) is 12.0 Å². The van der Waals surface area contributed by atoms with E-state index in [4.69, 9.17) is 5.73 Å². The van der Waals surface area contributed by atoms with Gasteiger partial charge >= 0.3 is 0 Å². The van der Waals surface area contributed by atoms with Crippen molar-refractivity contribution in [3.63, 3.8) is 0 Å². The molecule has 2 N–H and O–H groups in total. The van der Waals surface area contributed by atoms with Gasteiger partial charge in [-0.2, -0.15) is 0 Å². The lowest BCUT2D eigenvalue weighted by atomic mass is 10.0. The highest BCUT2D eigenvalue weighted by molar-refractivity contribution is 14.1. The molecule has 0 atom stereocenters. The molecule has 0 aliphatic rings. The monoisotopic (exact) mass is 445 g/mol. The van der Waals surface area contributed by atoms with Crippen LogP contribution >= 0.6 is 33.4 Å². The Balaban J connectivity index is 2.24. The molecule has 2 rings (SSSR count). The first-order valence-electron chi connectivity index (χ1n) is 6.29. The molecule has 0 saturated carbocycles. The Morgan fingerprint density at radius 1 is 1.18 bits per heavy atom. The van der Waals surface area contributed by atoms with E-state index in [1.54, 1.807) is 36.4 Å². The van der Waals surface area contributed by atoms with E-state index < -0.39 is 8.87 Å². The maximum atomic E-state index is 12.5. The molecule has 7 heteroatoms. The Labute approximate surface area is 146 Å². The highest BCUT2D eigenvalue weighted by atomic mass is 125. The van der Waals surface area contributed by atoms with Crippen molar-refractivity contribution in [2.45, 2.75) is 5.75 Å². The highest BCUT2D eigenvalue weighted by Crippen LogP contribution is 2.21. The molecule has 0 aliphatic carbocycles. The molecule has 0 unspecified atom stereocenters. The van der Waals surface area contributed by atoms with Crippen LogP contribution in [0.5, 0.6) is 0 Å². The standard InChI is InChI=1S/C15H14INO3S2/c1-22(19,20)21-9-10-3-2-4-11(7-10)15(18)12-5-6-14(17)13(16)8-12/h2-8H,9,17H2,1H3/i16-2. The number of anilines is 1. The molecule has 0 bridgehead atoms. The van der Waals surface area contributed by atoms with E-state index in [1.165, 1.54) is 6.26 Å². The Bertz CT molecular complexity index is 819. The Morgan fingerprint density at radius 2 is 1.86 bits per heavy atom. The first kappa shape index (κ1) is 17.3. The van der Waals surface area contributed by atoms with E-state index >= 15 is 0 Å². The number of ketones is 1. The van der Waals surface area contributed by atoms with Gasteiger partial charge in [-0.15, -0.1) is 0 Å². The summed E-state index contributed by atoms with van der Waals surface area (Å²) in [6.45, 7) is 0. The lowest BCUT2D eigenvalue weighted by molar-refractivity contribution is 0.103. The summed E-state index contributed by atoms with van der Waals surface area (Å²) in [6, 6.07) is 12.2. The van der Waals surface area contributed by atoms with Crippen molar-refractivity contribution in [1.82, 2.24) is 0 Å². The Hall–Kier alpha value is -1.06. The topological polar surface area (TPSA) is 77.2 Å². The largest absolute Gasteiger partial charge is 0.398 e. The van der Waals surface area contributed by atoms with Gasteiger partial charge < -0.3 is 5.73 Å². The van der Waals surface area contributed by atoms with Crippen LogP contribution in [0.25, 0.3) is 0 Å². The zero-order chi connectivity index (χ0) is 16.3. The van der Waals surface area contributed by atoms with Crippen LogP contribution in [-0.4, -0.2) is 20.5 Å². The molecular weight excluding hydrogens is 431 g/mol. The van der Waals surface area contributed by atoms with Crippen molar-refractivity contribution in [3.05, 3.63) is 62.7 Å². The number of halogens is 1. The van der Waals surface area contributed by atoms with Gasteiger partial charge in [0.15, 0.2) is 14.7 Å². The van der Waals surface area contributed by atoms with E-state index in [0.29, 0.717) is 22.6 Å². The number of hydrogen-bond donors (Lipinski definition) is 1. The van der Waals surface area contributed by atoms with Gasteiger partial charge in [0.1, 0.15) is 0 Å². The summed E-state index contributed by atoms with van der Waals surface area (Å²) in [5.74, 6) is 0.211. The molecule has 4 nitrogen and oxygen atoms in total. The maximum Gasteiger partial charge on any atom is 0.199 e. The Morgan fingerprint density at radius 3 is 2.50 bits per heavy atom. The zero-order valence-corrected chi connectivity index (χ0v) is 15.5. The van der Waals surface area contributed by atoms with Crippen molar-refractivity contribution in [3.8, 4) is 0 Å². The average Bonchev–Trinajstić information content (AvgIpc) is 2.47. The molecular formula is C15H14INO3S2. The highest BCUT2D eigenvalue weighted by Gasteiger charge is 2.12. The molecule has 22 heavy (non-hydrogen) atoms. The second-order valence-corrected chi connectivity index (χ2v) is 10.4. The summed E-state index contributed by atoms with van der Waals surface area (Å²) in [5.41, 5.74) is 8.28. The van der Waals surface area contributed by atoms with Crippen LogP contribution in [0.4, 0.5) is 5.69 Å². The molecule has 0 fully saturated rings. The summed E-state index contributed by atoms with van der Waals surface area (Å²) in [4.78, 5) is 12.5. The van der Waals surface area contributed by atoms with Gasteiger partial charge in [-0.25, -0.2) is 8.42 Å². The summed E-state index contributed by atoms with van der Waals surface area (Å²) >= 11 is 2.08. The number of nitrogens with two attached hydrogens (primary N) is 1. The molecule has 0 radical (unpaired) electrons. The minimum atomic E-state index is -3.10. The number of carbonyl (C=O) groups is 1. The average molecular weight is 445 g/mol. The molecule has 0 spiro atoms. The Kier molecular flexibility index (Phi) is 5.51. The van der Waals surface area contributed by atoms with E-state index in [1.807, 2.05) is 6.07 Å². The second-order valence-electron chi connectivity index (χ2n) is 4.73. The van der Waals surface area contributed by atoms with Crippen LogP contribution in [0.3, 0.4) is 0 Å². The third kappa shape index (κ3) is 4.72. The molecule has 2 aromatic carbocycles. The van der Waals surface area contributed by atoms with Crippen LogP contribution < -0.4 is 5.73 Å². The van der Waals surface area contributed by atoms with Crippen molar-refractivity contribution in [2.24, 2.45) is 0 Å². The molecule has 2 aromatic rings. The molecule has 116 valence electrons. The van der Waals surface area contributed by atoms with Crippen molar-refractivity contribution >= 4 is 53.7 Å². The fourth-order valence-electron chi connectivity index (χ4n) is 1.81. The normalized spacial score (nSPS) is 11.4. The number of hydrogen-bond acceptors (Lipinski definition) is 5. The number of carbonyl (C=O) groups excluding carboxylic acids is 1. The fraction of sp³-hybridized carbons (Fsp3) is 0.133. The lowest BCUT2D eigenvalue weighted by Crippen LogP contribution is -2.03. The quantitative estimate of drug-likeness (QED) is 0.331. The second kappa shape index (κ2) is 7.01. The molecule has 0 amide bonds. The van der Waals surface area contributed by atoms with Gasteiger partial charge in [0.25, 0.3) is 0 Å². The van der Waals surface area contributed by atoms with E-state index in [9.17, 15) is 13.2 Å². The van der Waals surface area contributed by atoms with Crippen LogP contribution in [0, 0.1) is 3.57 Å². The van der Waals surface area contributed by atoms with E-state index in [2.05, 4.69) is 22.6 Å². The van der Waals surface area contributed by atoms with Gasteiger partial charge in [-0.1, -0.05) is 18.2 Å². The summed E-state index contributed by atoms with van der Waals surface area (Å²) in [6.07, 6.45) is 1.17. The number of benzene rings is 2. The third-order valence-electron chi connectivity index (χ3n) is 2.89. The molecule has 0 heterocycles. The smallest absolute Gasteiger partial charge is 0.199 e. The van der Waals surface area contributed by atoms with E-state index in [0.717, 1.165) is 19.9 Å². The van der Waals surface area contributed by atoms with Gasteiger partial charge in [-0.05, 0) is 63.2 Å². The van der Waals surface area contributed by atoms with Gasteiger partial charge in [0.2, 0.25) is 0 Å². The van der Waals surface area contributed by atoms with E-state index in [-0.39, 0.29) is 5.78 Å². The predicted molar refractivity (Wildman–Crippen MR) is 99.6 cm³/mol. The van der Waals surface area contributed by atoms with Crippen LogP contribution in [-0.2, 0) is 14.6 Å². The minimum Gasteiger partial charge on any atom is -0.398 e. The number of rotatable bonds is 5. The third-order valence-corrected chi connectivity index (χ3v) is 6.34. The van der Waals surface area contributed by atoms with Crippen LogP contribution in [0.15, 0.2) is 42.5 Å². The van der Waals surface area contributed by atoms with Crippen molar-refractivity contribution < 1.29 is 13.2 Å². The zero-order valence-electron chi connectivity index (χ0n) is 11.7. The maximum absolute atomic E-state index is 12.5. The summed E-state index contributed by atoms with van der Waals surface area (Å²) < 4.78 is 23.2. The molecule has 0 aromatic heterocycles. The number of nitrogen functional groups attached to an aromatic ring is 1. The molecule has 0 aliphatic heterocycles. The minimum absolute atomic E-state index is 0.107. The van der Waals surface area contributed by atoms with Crippen LogP contribution in [0.1, 0.15) is 21.5 Å². The first-order chi connectivity index (χ1) is 10.3. The fourth-order valence-corrected chi connectivity index (χ4v) is 3.91. The predicted octanol–water partition coefficient (Wildman–Crippen LogP) is 3.30. The van der Waals surface area contributed by atoms with Crippen LogP contribution in [0.2, 0.25) is 0 Å². The van der Waals surface area contributed by atoms with Crippen molar-refractivity contribution in [1.29, 1.82) is 0 Å². The first-order valence-corrected chi connectivity index (χ1v) is 10.8. The van der Waals surface area contributed by atoms with Gasteiger partial charge in [0, 0.05) is 32.4 Å². The van der Waals surface area contributed by atoms with Gasteiger partial charge in [-0.3, -0.25) is 4.79 Å².